The number of rotatable bonds is 17. The molecule has 0 aliphatic heterocycles. The van der Waals surface area contributed by atoms with Gasteiger partial charge in [-0.05, 0) is 80.9 Å². The second-order valence-corrected chi connectivity index (χ2v) is 14.7. The van der Waals surface area contributed by atoms with E-state index in [-0.39, 0.29) is 18.0 Å². The van der Waals surface area contributed by atoms with Crippen molar-refractivity contribution >= 4 is 40.6 Å². The standard InChI is InChI=1S/C17H21NO.C16H17ClO.C9H11ClO.C9H9ClO.CH5N/c1-14-8-6-7-11-16(14)19-17(12-13-18-2)15-9-4-3-5-10-15;1-13-7-5-6-10-15(13)18-16(11-12-17)14-8-3-2-4-9-14;2*10-7-6-9(11)8-4-2-1-3-5-8;1-2/h3-11,17-18H,12-13H2,1-2H3;2-10,16H,11-12H2,1H3;1-5,9,11H,6-7H2;1-5H,6-7H2;2H2,1H3/t17-;16-;9-;;/m110../s1. The number of nitrogens with two attached hydrogens (primary N) is 1. The fourth-order valence-electron chi connectivity index (χ4n) is 5.78. The third-order valence-electron chi connectivity index (χ3n) is 9.08. The molecule has 6 nitrogen and oxygen atoms in total. The van der Waals surface area contributed by atoms with Crippen LogP contribution in [0.25, 0.3) is 0 Å². The van der Waals surface area contributed by atoms with E-state index < -0.39 is 6.10 Å². The molecule has 9 heteroatoms. The molecule has 6 rings (SSSR count). The number of carbonyl (C=O) groups is 1. The molecule has 61 heavy (non-hydrogen) atoms. The highest BCUT2D eigenvalue weighted by Crippen LogP contribution is 2.28. The van der Waals surface area contributed by atoms with Gasteiger partial charge in [0, 0.05) is 42.5 Å². The normalized spacial score (nSPS) is 11.5. The van der Waals surface area contributed by atoms with E-state index in [9.17, 15) is 9.90 Å². The number of aliphatic hydroxyl groups excluding tert-OH is 1. The molecular weight excluding hydrogens is 823 g/mol. The lowest BCUT2D eigenvalue weighted by atomic mass is 10.1. The molecule has 6 aromatic carbocycles. The van der Waals surface area contributed by atoms with Crippen molar-refractivity contribution < 1.29 is 19.4 Å². The van der Waals surface area contributed by atoms with Crippen LogP contribution in [-0.2, 0) is 0 Å². The first-order valence-electron chi connectivity index (χ1n) is 20.6. The van der Waals surface area contributed by atoms with Crippen molar-refractivity contribution in [3.63, 3.8) is 0 Å². The van der Waals surface area contributed by atoms with Crippen LogP contribution in [0.3, 0.4) is 0 Å². The molecule has 3 atom stereocenters. The Morgan fingerprint density at radius 2 is 0.918 bits per heavy atom. The van der Waals surface area contributed by atoms with Crippen LogP contribution in [0.2, 0.25) is 0 Å². The van der Waals surface area contributed by atoms with Gasteiger partial charge in [-0.15, -0.1) is 34.8 Å². The lowest BCUT2D eigenvalue weighted by Crippen LogP contribution is -2.16. The Labute approximate surface area is 380 Å². The van der Waals surface area contributed by atoms with Gasteiger partial charge in [-0.1, -0.05) is 158 Å². The van der Waals surface area contributed by atoms with Crippen LogP contribution in [0, 0.1) is 13.8 Å². The Kier molecular flexibility index (Phi) is 28.4. The quantitative estimate of drug-likeness (QED) is 0.0624. The number of hydrogen-bond donors (Lipinski definition) is 3. The minimum Gasteiger partial charge on any atom is -0.485 e. The second kappa shape index (κ2) is 33.0. The molecule has 0 unspecified atom stereocenters. The van der Waals surface area contributed by atoms with E-state index in [0.29, 0.717) is 30.5 Å². The topological polar surface area (TPSA) is 93.8 Å². The smallest absolute Gasteiger partial charge is 0.164 e. The Balaban J connectivity index is 0.000000284. The van der Waals surface area contributed by atoms with Crippen LogP contribution in [0.15, 0.2) is 170 Å². The van der Waals surface area contributed by atoms with Crippen molar-refractivity contribution in [2.75, 3.05) is 38.3 Å². The molecule has 0 fully saturated rings. The highest BCUT2D eigenvalue weighted by atomic mass is 35.5. The summed E-state index contributed by atoms with van der Waals surface area (Å²) in [6.07, 6.45) is 2.50. The van der Waals surface area contributed by atoms with Crippen molar-refractivity contribution in [2.45, 2.75) is 57.8 Å². The van der Waals surface area contributed by atoms with Gasteiger partial charge in [-0.2, -0.15) is 0 Å². The maximum atomic E-state index is 11.2. The number of benzene rings is 6. The molecule has 0 heterocycles. The molecule has 326 valence electrons. The first-order valence-corrected chi connectivity index (χ1v) is 22.2. The van der Waals surface area contributed by atoms with Gasteiger partial charge in [0.1, 0.15) is 23.7 Å². The number of ether oxygens (including phenoxy) is 2. The van der Waals surface area contributed by atoms with E-state index in [1.54, 1.807) is 12.1 Å². The zero-order valence-corrected chi connectivity index (χ0v) is 38.2. The SMILES string of the molecule is CN.CNCC[C@@H](Oc1ccccc1C)c1ccccc1.Cc1ccccc1O[C@H](CCCl)c1ccccc1.O=C(CCCl)c1ccccc1.O[C@@H](CCCl)c1ccccc1. The predicted octanol–water partition coefficient (Wildman–Crippen LogP) is 12.9. The van der Waals surface area contributed by atoms with Gasteiger partial charge in [0.15, 0.2) is 5.78 Å². The minimum absolute atomic E-state index is 0.0183. The van der Waals surface area contributed by atoms with Crippen molar-refractivity contribution in [3.05, 3.63) is 203 Å². The maximum absolute atomic E-state index is 11.2. The van der Waals surface area contributed by atoms with Crippen LogP contribution in [0.5, 0.6) is 11.5 Å². The van der Waals surface area contributed by atoms with E-state index in [4.69, 9.17) is 44.3 Å². The lowest BCUT2D eigenvalue weighted by Gasteiger charge is -2.20. The number of para-hydroxylation sites is 2. The molecule has 4 N–H and O–H groups in total. The summed E-state index contributed by atoms with van der Waals surface area (Å²) in [4.78, 5) is 11.2. The van der Waals surface area contributed by atoms with Gasteiger partial charge >= 0.3 is 0 Å². The Morgan fingerprint density at radius 1 is 0.541 bits per heavy atom. The molecule has 0 aliphatic carbocycles. The summed E-state index contributed by atoms with van der Waals surface area (Å²) < 4.78 is 12.3. The highest BCUT2D eigenvalue weighted by molar-refractivity contribution is 6.19. The summed E-state index contributed by atoms with van der Waals surface area (Å²) in [5, 5.41) is 12.6. The van der Waals surface area contributed by atoms with Crippen LogP contribution >= 0.6 is 34.8 Å². The number of carbonyl (C=O) groups excluding carboxylic acids is 1. The second-order valence-electron chi connectivity index (χ2n) is 13.6. The highest BCUT2D eigenvalue weighted by Gasteiger charge is 2.15. The number of hydrogen-bond acceptors (Lipinski definition) is 6. The first-order chi connectivity index (χ1) is 29.8. The lowest BCUT2D eigenvalue weighted by molar-refractivity contribution is 0.0989. The Morgan fingerprint density at radius 3 is 1.31 bits per heavy atom. The maximum Gasteiger partial charge on any atom is 0.164 e. The van der Waals surface area contributed by atoms with E-state index in [2.05, 4.69) is 73.4 Å². The fourth-order valence-corrected chi connectivity index (χ4v) is 6.36. The molecule has 0 aromatic heterocycles. The molecule has 0 amide bonds. The number of ketones is 1. The van der Waals surface area contributed by atoms with E-state index in [1.165, 1.54) is 23.7 Å². The predicted molar refractivity (Wildman–Crippen MR) is 259 cm³/mol. The molecule has 0 spiro atoms. The zero-order valence-electron chi connectivity index (χ0n) is 35.9. The van der Waals surface area contributed by atoms with Gasteiger partial charge in [-0.3, -0.25) is 4.79 Å². The summed E-state index contributed by atoms with van der Waals surface area (Å²) >= 11 is 16.8. The third-order valence-corrected chi connectivity index (χ3v) is 9.71. The largest absolute Gasteiger partial charge is 0.485 e. The van der Waals surface area contributed by atoms with Gasteiger partial charge < -0.3 is 25.6 Å². The molecule has 6 aromatic rings. The molecule has 0 saturated carbocycles. The molecule has 0 aliphatic rings. The number of alkyl halides is 3. The number of aliphatic hydroxyl groups is 1. The summed E-state index contributed by atoms with van der Waals surface area (Å²) in [6.45, 7) is 5.07. The van der Waals surface area contributed by atoms with Crippen LogP contribution < -0.4 is 20.5 Å². The molecular formula is C52H63Cl3N2O4. The number of halogens is 3. The summed E-state index contributed by atoms with van der Waals surface area (Å²) in [5.74, 6) is 3.49. The van der Waals surface area contributed by atoms with Crippen LogP contribution in [0.1, 0.15) is 82.2 Å². The van der Waals surface area contributed by atoms with Gasteiger partial charge in [0.25, 0.3) is 0 Å². The average molecular weight is 886 g/mol. The molecule has 0 saturated heterocycles. The number of nitrogens with one attached hydrogen (secondary N) is 1. The summed E-state index contributed by atoms with van der Waals surface area (Å²) in [7, 11) is 3.47. The monoisotopic (exact) mass is 884 g/mol. The van der Waals surface area contributed by atoms with Crippen LogP contribution in [-0.4, -0.2) is 49.2 Å². The first kappa shape index (κ1) is 52.5. The Hall–Kier alpha value is -4.66. The average Bonchev–Trinajstić information content (AvgIpc) is 3.31. The van der Waals surface area contributed by atoms with Crippen molar-refractivity contribution in [3.8, 4) is 11.5 Å². The van der Waals surface area contributed by atoms with Crippen molar-refractivity contribution in [1.82, 2.24) is 5.32 Å². The minimum atomic E-state index is -0.409. The number of aryl methyl sites for hydroxylation is 2. The Bertz CT molecular complexity index is 1970. The molecule has 0 radical (unpaired) electrons. The zero-order chi connectivity index (χ0) is 44.5. The van der Waals surface area contributed by atoms with Crippen LogP contribution in [0.4, 0.5) is 0 Å². The van der Waals surface area contributed by atoms with E-state index in [1.807, 2.05) is 116 Å². The number of Topliss-reactive ketones (excluding diaryl/α,β-unsaturated/α-hetero) is 1. The van der Waals surface area contributed by atoms with Gasteiger partial charge in [-0.25, -0.2) is 0 Å². The summed E-state index contributed by atoms with van der Waals surface area (Å²) in [6, 6.07) is 55.6. The van der Waals surface area contributed by atoms with Crippen molar-refractivity contribution in [1.29, 1.82) is 0 Å². The van der Waals surface area contributed by atoms with Gasteiger partial charge in [0.2, 0.25) is 0 Å². The summed E-state index contributed by atoms with van der Waals surface area (Å²) in [5.41, 5.74) is 10.9. The van der Waals surface area contributed by atoms with E-state index in [0.717, 1.165) is 47.6 Å². The van der Waals surface area contributed by atoms with E-state index >= 15 is 0 Å². The molecule has 0 bridgehead atoms. The fraction of sp³-hybridized carbons (Fsp3) is 0.288. The third kappa shape index (κ3) is 21.1. The van der Waals surface area contributed by atoms with Gasteiger partial charge in [0.05, 0.1) is 6.10 Å². The van der Waals surface area contributed by atoms with Crippen molar-refractivity contribution in [2.24, 2.45) is 5.73 Å².